The van der Waals surface area contributed by atoms with Crippen LogP contribution in [-0.2, 0) is 4.74 Å². The van der Waals surface area contributed by atoms with E-state index in [-0.39, 0.29) is 24.3 Å². The topological polar surface area (TPSA) is 102 Å². The SMILES string of the molecule is CC1Nc2cc(NC(=O)OCCF)nc(N)c2N=C1c1ccccc1.ClC(Cl)Cl. The molecular weight excluding hydrogens is 444 g/mol. The molecule has 0 saturated heterocycles. The summed E-state index contributed by atoms with van der Waals surface area (Å²) in [7, 11) is 0. The summed E-state index contributed by atoms with van der Waals surface area (Å²) in [5.41, 5.74) is 9.00. The second-order valence-corrected chi connectivity index (χ2v) is 7.69. The first-order valence-electron chi connectivity index (χ1n) is 8.44. The fourth-order valence-corrected chi connectivity index (χ4v) is 2.56. The van der Waals surface area contributed by atoms with E-state index in [1.54, 1.807) is 6.07 Å². The van der Waals surface area contributed by atoms with Gasteiger partial charge in [-0.15, -0.1) is 0 Å². The molecule has 1 aliphatic heterocycles. The monoisotopic (exact) mass is 461 g/mol. The van der Waals surface area contributed by atoms with Crippen LogP contribution in [0.15, 0.2) is 41.4 Å². The number of ether oxygens (including phenoxy) is 1. The zero-order chi connectivity index (χ0) is 21.4. The van der Waals surface area contributed by atoms with E-state index in [1.807, 2.05) is 37.3 Å². The van der Waals surface area contributed by atoms with Crippen molar-refractivity contribution in [2.45, 2.75) is 17.3 Å². The summed E-state index contributed by atoms with van der Waals surface area (Å²) in [4.78, 5) is 20.3. The maximum Gasteiger partial charge on any atom is 0.412 e. The Hall–Kier alpha value is -2.29. The molecule has 11 heteroatoms. The number of carbonyl (C=O) groups is 1. The number of nitrogens with two attached hydrogens (primary N) is 1. The summed E-state index contributed by atoms with van der Waals surface area (Å²) < 4.78 is 15.9. The Balaban J connectivity index is 0.000000687. The predicted molar refractivity (Wildman–Crippen MR) is 117 cm³/mol. The van der Waals surface area contributed by atoms with E-state index in [4.69, 9.17) is 40.5 Å². The lowest BCUT2D eigenvalue weighted by Gasteiger charge is -2.25. The average molecular weight is 463 g/mol. The van der Waals surface area contributed by atoms with Crippen molar-refractivity contribution in [2.24, 2.45) is 4.99 Å². The molecule has 7 nitrogen and oxygen atoms in total. The molecule has 0 spiro atoms. The summed E-state index contributed by atoms with van der Waals surface area (Å²) in [6.45, 7) is 0.920. The molecular formula is C18H19Cl3FN5O2. The minimum absolute atomic E-state index is 0.0527. The third kappa shape index (κ3) is 6.92. The summed E-state index contributed by atoms with van der Waals surface area (Å²) in [5, 5.41) is 5.72. The van der Waals surface area contributed by atoms with Crippen LogP contribution in [0.3, 0.4) is 0 Å². The average Bonchev–Trinajstić information content (AvgIpc) is 2.66. The van der Waals surface area contributed by atoms with Crippen molar-refractivity contribution < 1.29 is 13.9 Å². The van der Waals surface area contributed by atoms with E-state index in [0.717, 1.165) is 11.3 Å². The van der Waals surface area contributed by atoms with Crippen LogP contribution >= 0.6 is 34.8 Å². The van der Waals surface area contributed by atoms with Gasteiger partial charge in [-0.2, -0.15) is 0 Å². The Kier molecular flexibility index (Phi) is 8.75. The van der Waals surface area contributed by atoms with Gasteiger partial charge in [0.1, 0.15) is 24.8 Å². The molecule has 2 heterocycles. The minimum atomic E-state index is -0.790. The molecule has 0 saturated carbocycles. The van der Waals surface area contributed by atoms with Crippen LogP contribution in [0, 0.1) is 0 Å². The number of aliphatic imine (C=N–C) groups is 1. The van der Waals surface area contributed by atoms with Crippen LogP contribution in [0.5, 0.6) is 0 Å². The number of benzene rings is 1. The fourth-order valence-electron chi connectivity index (χ4n) is 2.56. The molecule has 1 aromatic heterocycles. The molecule has 0 radical (unpaired) electrons. The van der Waals surface area contributed by atoms with Crippen molar-refractivity contribution in [3.63, 3.8) is 0 Å². The number of aromatic nitrogens is 1. The third-order valence-corrected chi connectivity index (χ3v) is 3.64. The molecule has 1 amide bonds. The Labute approximate surface area is 182 Å². The molecule has 1 aromatic carbocycles. The van der Waals surface area contributed by atoms with Crippen molar-refractivity contribution in [1.82, 2.24) is 4.98 Å². The zero-order valence-electron chi connectivity index (χ0n) is 15.3. The summed E-state index contributed by atoms with van der Waals surface area (Å²) >= 11 is 14.4. The Morgan fingerprint density at radius 2 is 2.00 bits per heavy atom. The van der Waals surface area contributed by atoms with Crippen LogP contribution in [-0.4, -0.2) is 40.4 Å². The van der Waals surface area contributed by atoms with Gasteiger partial charge < -0.3 is 15.8 Å². The van der Waals surface area contributed by atoms with E-state index in [1.165, 1.54) is 0 Å². The fraction of sp³-hybridized carbons (Fsp3) is 0.278. The number of alkyl halides is 4. The van der Waals surface area contributed by atoms with Crippen molar-refractivity contribution in [3.05, 3.63) is 42.0 Å². The van der Waals surface area contributed by atoms with Crippen molar-refractivity contribution in [3.8, 4) is 0 Å². The number of nitrogens with one attached hydrogen (secondary N) is 2. The molecule has 156 valence electrons. The lowest BCUT2D eigenvalue weighted by molar-refractivity contribution is 0.152. The molecule has 1 atom stereocenters. The number of fused-ring (bicyclic) bond motifs is 1. The highest BCUT2D eigenvalue weighted by molar-refractivity contribution is 6.63. The van der Waals surface area contributed by atoms with Crippen molar-refractivity contribution in [2.75, 3.05) is 29.6 Å². The predicted octanol–water partition coefficient (Wildman–Crippen LogP) is 5.10. The maximum absolute atomic E-state index is 12.0. The number of hydrogen-bond acceptors (Lipinski definition) is 6. The van der Waals surface area contributed by atoms with E-state index < -0.39 is 17.1 Å². The number of hydrogen-bond donors (Lipinski definition) is 3. The number of rotatable bonds is 4. The van der Waals surface area contributed by atoms with Gasteiger partial charge in [0.25, 0.3) is 0 Å². The van der Waals surface area contributed by atoms with Gasteiger partial charge in [0.05, 0.1) is 17.4 Å². The molecule has 0 bridgehead atoms. The highest BCUT2D eigenvalue weighted by Gasteiger charge is 2.23. The van der Waals surface area contributed by atoms with Crippen LogP contribution in [0.25, 0.3) is 0 Å². The zero-order valence-corrected chi connectivity index (χ0v) is 17.6. The van der Waals surface area contributed by atoms with Crippen LogP contribution in [0.4, 0.5) is 32.2 Å². The minimum Gasteiger partial charge on any atom is -0.446 e. The first kappa shape index (κ1) is 23.0. The highest BCUT2D eigenvalue weighted by Crippen LogP contribution is 2.37. The summed E-state index contributed by atoms with van der Waals surface area (Å²) in [5.74, 6) is 0.379. The number of nitrogens with zero attached hydrogens (tertiary/aromatic N) is 2. The normalized spacial score (nSPS) is 14.7. The van der Waals surface area contributed by atoms with Gasteiger partial charge in [-0.25, -0.2) is 19.2 Å². The summed E-state index contributed by atoms with van der Waals surface area (Å²) in [6, 6.07) is 11.3. The van der Waals surface area contributed by atoms with Gasteiger partial charge in [0.2, 0.25) is 0 Å². The first-order valence-corrected chi connectivity index (χ1v) is 9.75. The van der Waals surface area contributed by atoms with E-state index in [0.29, 0.717) is 11.4 Å². The van der Waals surface area contributed by atoms with Gasteiger partial charge >= 0.3 is 6.09 Å². The number of carbonyl (C=O) groups excluding carboxylic acids is 1. The molecule has 0 aliphatic carbocycles. The number of halogens is 4. The largest absolute Gasteiger partial charge is 0.446 e. The number of amides is 1. The lowest BCUT2D eigenvalue weighted by atomic mass is 10.0. The second-order valence-electron chi connectivity index (χ2n) is 5.72. The van der Waals surface area contributed by atoms with E-state index >= 15 is 0 Å². The lowest BCUT2D eigenvalue weighted by Crippen LogP contribution is -2.30. The van der Waals surface area contributed by atoms with Gasteiger partial charge in [-0.3, -0.25) is 5.32 Å². The molecule has 29 heavy (non-hydrogen) atoms. The van der Waals surface area contributed by atoms with Gasteiger partial charge in [-0.05, 0) is 12.5 Å². The van der Waals surface area contributed by atoms with Gasteiger partial charge in [0.15, 0.2) is 10.1 Å². The molecule has 4 N–H and O–H groups in total. The summed E-state index contributed by atoms with van der Waals surface area (Å²) in [6.07, 6.45) is -0.790. The molecule has 0 fully saturated rings. The van der Waals surface area contributed by atoms with E-state index in [9.17, 15) is 9.18 Å². The molecule has 1 aliphatic rings. The highest BCUT2D eigenvalue weighted by atomic mass is 35.6. The Morgan fingerprint density at radius 1 is 1.34 bits per heavy atom. The van der Waals surface area contributed by atoms with Crippen LogP contribution in [0.2, 0.25) is 0 Å². The van der Waals surface area contributed by atoms with Crippen LogP contribution in [0.1, 0.15) is 12.5 Å². The van der Waals surface area contributed by atoms with Gasteiger partial charge in [-0.1, -0.05) is 65.1 Å². The molecule has 1 unspecified atom stereocenters. The Bertz CT molecular complexity index is 865. The number of anilines is 3. The van der Waals surface area contributed by atoms with E-state index in [2.05, 4.69) is 25.3 Å². The molecule has 3 rings (SSSR count). The first-order chi connectivity index (χ1) is 13.8. The third-order valence-electron chi connectivity index (χ3n) is 3.64. The standard InChI is InChI=1S/C17H18FN5O2.CHCl3/c1-10-14(11-5-3-2-4-6-11)23-15-12(20-10)9-13(21-16(15)19)22-17(24)25-8-7-18;2-1(3)4/h2-6,9-10,20H,7-8H2,1H3,(H3,19,21,22,24);1H. The maximum atomic E-state index is 12.0. The Morgan fingerprint density at radius 3 is 2.62 bits per heavy atom. The van der Waals surface area contributed by atoms with Crippen LogP contribution < -0.4 is 16.4 Å². The quantitative estimate of drug-likeness (QED) is 0.549. The number of pyridine rings is 1. The smallest absolute Gasteiger partial charge is 0.412 e. The number of nitrogen functional groups attached to an aromatic ring is 1. The van der Waals surface area contributed by atoms with Gasteiger partial charge in [0, 0.05) is 6.07 Å². The van der Waals surface area contributed by atoms with Crippen molar-refractivity contribution in [1.29, 1.82) is 0 Å². The second kappa shape index (κ2) is 11.0. The van der Waals surface area contributed by atoms with Crippen molar-refractivity contribution >= 4 is 69.6 Å². The molecule has 2 aromatic rings.